The summed E-state index contributed by atoms with van der Waals surface area (Å²) in [5, 5.41) is 0. The number of benzene rings is 2. The number of amides is 1. The monoisotopic (exact) mass is 581 g/mol. The van der Waals surface area contributed by atoms with Gasteiger partial charge in [-0.15, -0.1) is 0 Å². The molecule has 2 aliphatic heterocycles. The Morgan fingerprint density at radius 2 is 1.46 bits per heavy atom. The van der Waals surface area contributed by atoms with Crippen molar-refractivity contribution in [1.29, 1.82) is 0 Å². The van der Waals surface area contributed by atoms with Crippen molar-refractivity contribution in [2.45, 2.75) is 16.7 Å². The third-order valence-electron chi connectivity index (χ3n) is 6.56. The van der Waals surface area contributed by atoms with Crippen LogP contribution in [0.3, 0.4) is 0 Å². The number of carbonyl (C=O) groups is 2. The van der Waals surface area contributed by atoms with Crippen LogP contribution in [0.1, 0.15) is 15.9 Å². The normalized spacial score (nSPS) is 17.5. The van der Waals surface area contributed by atoms with E-state index in [0.29, 0.717) is 0 Å². The number of ether oxygens (including phenoxy) is 3. The maximum Gasteiger partial charge on any atom is 0.338 e. The number of rotatable bonds is 8. The van der Waals surface area contributed by atoms with E-state index in [1.807, 2.05) is 6.92 Å². The highest BCUT2D eigenvalue weighted by Crippen LogP contribution is 2.29. The molecule has 39 heavy (non-hydrogen) atoms. The predicted molar refractivity (Wildman–Crippen MR) is 139 cm³/mol. The summed E-state index contributed by atoms with van der Waals surface area (Å²) in [6.07, 6.45) is 0. The number of hydrogen-bond donors (Lipinski definition) is 0. The van der Waals surface area contributed by atoms with Gasteiger partial charge < -0.3 is 19.1 Å². The van der Waals surface area contributed by atoms with Gasteiger partial charge in [-0.3, -0.25) is 4.79 Å². The van der Waals surface area contributed by atoms with Crippen molar-refractivity contribution in [1.82, 2.24) is 13.5 Å². The Hall–Kier alpha value is -3.04. The summed E-state index contributed by atoms with van der Waals surface area (Å²) in [7, 11) is -6.31. The zero-order valence-corrected chi connectivity index (χ0v) is 23.4. The summed E-state index contributed by atoms with van der Waals surface area (Å²) in [6, 6.07) is 10.5. The van der Waals surface area contributed by atoms with Gasteiger partial charge in [0, 0.05) is 39.3 Å². The van der Waals surface area contributed by atoms with Crippen LogP contribution in [0, 0.1) is 6.92 Å². The first-order chi connectivity index (χ1) is 18.5. The maximum absolute atomic E-state index is 13.1. The summed E-state index contributed by atoms with van der Waals surface area (Å²) < 4.78 is 70.2. The summed E-state index contributed by atoms with van der Waals surface area (Å²) in [5.74, 6) is -1.27. The summed E-state index contributed by atoms with van der Waals surface area (Å²) in [6.45, 7) is 2.68. The number of hydrogen-bond acceptors (Lipinski definition) is 9. The first-order valence-electron chi connectivity index (χ1n) is 12.3. The molecular formula is C25H31N3O9S2. The van der Waals surface area contributed by atoms with Gasteiger partial charge in [0.05, 0.1) is 30.8 Å². The average molecular weight is 582 g/mol. The Morgan fingerprint density at radius 1 is 0.846 bits per heavy atom. The van der Waals surface area contributed by atoms with Crippen molar-refractivity contribution >= 4 is 31.9 Å². The van der Waals surface area contributed by atoms with Gasteiger partial charge in [0.15, 0.2) is 6.61 Å². The van der Waals surface area contributed by atoms with Crippen LogP contribution in [0.15, 0.2) is 52.3 Å². The van der Waals surface area contributed by atoms with E-state index in [2.05, 4.69) is 0 Å². The molecule has 2 aromatic rings. The highest BCUT2D eigenvalue weighted by atomic mass is 32.2. The van der Waals surface area contributed by atoms with Crippen molar-refractivity contribution in [3.8, 4) is 5.75 Å². The lowest BCUT2D eigenvalue weighted by Crippen LogP contribution is -2.51. The number of esters is 1. The molecule has 2 saturated heterocycles. The number of carbonyl (C=O) groups excluding carboxylic acids is 2. The topological polar surface area (TPSA) is 140 Å². The molecule has 1 amide bonds. The van der Waals surface area contributed by atoms with Gasteiger partial charge in [-0.05, 0) is 37.3 Å². The molecule has 2 heterocycles. The number of methoxy groups -OCH3 is 1. The fraction of sp³-hybridized carbons (Fsp3) is 0.440. The van der Waals surface area contributed by atoms with Gasteiger partial charge in [-0.25, -0.2) is 21.6 Å². The number of nitrogens with zero attached hydrogens (tertiary/aromatic N) is 3. The Labute approximate surface area is 228 Å². The van der Waals surface area contributed by atoms with E-state index in [0.717, 1.165) is 5.56 Å². The van der Waals surface area contributed by atoms with Crippen molar-refractivity contribution in [3.05, 3.63) is 53.6 Å². The fourth-order valence-electron chi connectivity index (χ4n) is 4.27. The average Bonchev–Trinajstić information content (AvgIpc) is 2.96. The molecule has 212 valence electrons. The Bertz CT molecular complexity index is 1410. The molecule has 0 N–H and O–H groups in total. The van der Waals surface area contributed by atoms with Crippen LogP contribution in [-0.2, 0) is 34.3 Å². The molecule has 0 aliphatic carbocycles. The van der Waals surface area contributed by atoms with Crippen molar-refractivity contribution < 1.29 is 40.6 Å². The molecule has 0 unspecified atom stereocenters. The number of sulfonamides is 2. The molecule has 2 aliphatic rings. The number of aryl methyl sites for hydroxylation is 1. The second kappa shape index (κ2) is 12.0. The van der Waals surface area contributed by atoms with Crippen LogP contribution in [0.2, 0.25) is 0 Å². The van der Waals surface area contributed by atoms with Crippen LogP contribution in [0.4, 0.5) is 0 Å². The first-order valence-corrected chi connectivity index (χ1v) is 15.2. The van der Waals surface area contributed by atoms with Gasteiger partial charge in [-0.1, -0.05) is 17.7 Å². The van der Waals surface area contributed by atoms with E-state index in [1.54, 1.807) is 24.3 Å². The minimum absolute atomic E-state index is 0.0514. The lowest BCUT2D eigenvalue weighted by molar-refractivity contribution is -0.135. The molecule has 0 atom stereocenters. The predicted octanol–water partition coefficient (Wildman–Crippen LogP) is 0.714. The minimum Gasteiger partial charge on any atom is -0.495 e. The van der Waals surface area contributed by atoms with E-state index in [-0.39, 0.29) is 73.6 Å². The van der Waals surface area contributed by atoms with E-state index in [9.17, 15) is 26.4 Å². The molecule has 0 radical (unpaired) electrons. The number of morpholine rings is 1. The molecule has 0 spiro atoms. The quantitative estimate of drug-likeness (QED) is 0.413. The SMILES string of the molecule is COc1ccc(C(=O)OCC(=O)N2CCN(S(=O)(=O)c3ccc(C)cc3)CC2)cc1S(=O)(=O)N1CCOCC1. The Balaban J connectivity index is 1.36. The van der Waals surface area contributed by atoms with Gasteiger partial charge in [-0.2, -0.15) is 8.61 Å². The molecular weight excluding hydrogens is 550 g/mol. The van der Waals surface area contributed by atoms with Crippen LogP contribution in [-0.4, -0.2) is 108 Å². The molecule has 4 rings (SSSR count). The molecule has 2 aromatic carbocycles. The summed E-state index contributed by atoms with van der Waals surface area (Å²) in [5.41, 5.74) is 0.896. The van der Waals surface area contributed by atoms with Gasteiger partial charge >= 0.3 is 5.97 Å². The molecule has 12 nitrogen and oxygen atoms in total. The van der Waals surface area contributed by atoms with E-state index in [4.69, 9.17) is 14.2 Å². The van der Waals surface area contributed by atoms with Crippen molar-refractivity contribution in [3.63, 3.8) is 0 Å². The molecule has 0 aromatic heterocycles. The summed E-state index contributed by atoms with van der Waals surface area (Å²) in [4.78, 5) is 26.8. The van der Waals surface area contributed by atoms with E-state index >= 15 is 0 Å². The third kappa shape index (κ3) is 6.41. The maximum atomic E-state index is 13.1. The Kier molecular flexibility index (Phi) is 8.91. The molecule has 2 fully saturated rings. The first kappa shape index (κ1) is 29.0. The van der Waals surface area contributed by atoms with Crippen molar-refractivity contribution in [2.75, 3.05) is 66.2 Å². The van der Waals surface area contributed by atoms with Gasteiger partial charge in [0.25, 0.3) is 5.91 Å². The molecule has 0 saturated carbocycles. The molecule has 14 heteroatoms. The fourth-order valence-corrected chi connectivity index (χ4v) is 7.28. The minimum atomic E-state index is -3.96. The number of piperazine rings is 1. The standard InChI is InChI=1S/C25H31N3O9S2/c1-19-3-6-21(7-4-19)38(31,32)27-11-9-26(10-12-27)24(29)18-37-25(30)20-5-8-22(35-2)23(17-20)39(33,34)28-13-15-36-16-14-28/h3-8,17H,9-16,18H2,1-2H3. The van der Waals surface area contributed by atoms with Crippen LogP contribution in [0.5, 0.6) is 5.75 Å². The third-order valence-corrected chi connectivity index (χ3v) is 10.4. The summed E-state index contributed by atoms with van der Waals surface area (Å²) >= 11 is 0. The highest BCUT2D eigenvalue weighted by Gasteiger charge is 2.32. The van der Waals surface area contributed by atoms with Crippen LogP contribution in [0.25, 0.3) is 0 Å². The van der Waals surface area contributed by atoms with E-state index < -0.39 is 38.5 Å². The van der Waals surface area contributed by atoms with Crippen LogP contribution < -0.4 is 4.74 Å². The van der Waals surface area contributed by atoms with Crippen LogP contribution >= 0.6 is 0 Å². The second-order valence-electron chi connectivity index (χ2n) is 9.06. The largest absolute Gasteiger partial charge is 0.495 e. The zero-order chi connectivity index (χ0) is 28.2. The van der Waals surface area contributed by atoms with E-state index in [1.165, 1.54) is 38.8 Å². The van der Waals surface area contributed by atoms with Gasteiger partial charge in [0.1, 0.15) is 10.6 Å². The smallest absolute Gasteiger partial charge is 0.338 e. The lowest BCUT2D eigenvalue weighted by atomic mass is 10.2. The second-order valence-corrected chi connectivity index (χ2v) is 12.9. The van der Waals surface area contributed by atoms with Gasteiger partial charge in [0.2, 0.25) is 20.0 Å². The Morgan fingerprint density at radius 3 is 2.08 bits per heavy atom. The highest BCUT2D eigenvalue weighted by molar-refractivity contribution is 7.89. The zero-order valence-electron chi connectivity index (χ0n) is 21.7. The molecule has 0 bridgehead atoms. The lowest BCUT2D eigenvalue weighted by Gasteiger charge is -2.33. The van der Waals surface area contributed by atoms with Crippen molar-refractivity contribution in [2.24, 2.45) is 0 Å².